The molecule has 1 fully saturated rings. The van der Waals surface area contributed by atoms with Gasteiger partial charge in [0.2, 0.25) is 5.91 Å². The lowest BCUT2D eigenvalue weighted by Crippen LogP contribution is -2.20. The predicted octanol–water partition coefficient (Wildman–Crippen LogP) is 2.89. The summed E-state index contributed by atoms with van der Waals surface area (Å²) in [5, 5.41) is 14.9. The molecule has 2 aromatic rings. The summed E-state index contributed by atoms with van der Waals surface area (Å²) in [5.74, 6) is -0.399. The molecule has 1 aliphatic heterocycles. The number of amides is 1. The van der Waals surface area contributed by atoms with Crippen molar-refractivity contribution in [2.75, 3.05) is 18.0 Å². The quantitative estimate of drug-likeness (QED) is 0.492. The van der Waals surface area contributed by atoms with Crippen molar-refractivity contribution in [2.24, 2.45) is 5.10 Å². The lowest BCUT2D eigenvalue weighted by molar-refractivity contribution is -0.385. The van der Waals surface area contributed by atoms with E-state index in [-0.39, 0.29) is 12.1 Å². The second kappa shape index (κ2) is 8.24. The Bertz CT molecular complexity index is 812. The van der Waals surface area contributed by atoms with Crippen LogP contribution in [-0.4, -0.2) is 30.1 Å². The second-order valence-corrected chi connectivity index (χ2v) is 6.14. The Kier molecular flexibility index (Phi) is 5.58. The number of nitrogens with zero attached hydrogens (tertiary/aromatic N) is 3. The minimum Gasteiger partial charge on any atom is -0.372 e. The van der Waals surface area contributed by atoms with Crippen molar-refractivity contribution in [3.8, 4) is 0 Å². The Morgan fingerprint density at radius 1 is 1.15 bits per heavy atom. The number of carbonyl (C=O) groups is 1. The number of hydrogen-bond acceptors (Lipinski definition) is 5. The first-order valence-electron chi connectivity index (χ1n) is 8.53. The van der Waals surface area contributed by atoms with Crippen molar-refractivity contribution >= 4 is 23.5 Å². The van der Waals surface area contributed by atoms with Gasteiger partial charge in [-0.15, -0.1) is 0 Å². The molecule has 1 amide bonds. The molecular formula is C19H20N4O3. The third kappa shape index (κ3) is 4.44. The molecule has 26 heavy (non-hydrogen) atoms. The van der Waals surface area contributed by atoms with Crippen LogP contribution in [0.1, 0.15) is 24.0 Å². The van der Waals surface area contributed by atoms with Gasteiger partial charge in [-0.25, -0.2) is 5.43 Å². The fraction of sp³-hybridized carbons (Fsp3) is 0.263. The molecule has 0 radical (unpaired) electrons. The molecule has 7 nitrogen and oxygen atoms in total. The zero-order chi connectivity index (χ0) is 18.4. The highest BCUT2D eigenvalue weighted by Gasteiger charge is 2.15. The Hall–Kier alpha value is -3.22. The standard InChI is InChI=1S/C19H20N4O3/c24-19(13-16-5-1-2-6-18(16)23(25)26)21-20-14-15-7-9-17(10-8-15)22-11-3-4-12-22/h1-2,5-10,14H,3-4,11-13H2,(H,21,24)/b20-14+. The number of nitro benzene ring substituents is 1. The minimum atomic E-state index is -0.492. The topological polar surface area (TPSA) is 87.8 Å². The summed E-state index contributed by atoms with van der Waals surface area (Å²) in [6.45, 7) is 2.18. The van der Waals surface area contributed by atoms with E-state index in [2.05, 4.69) is 15.4 Å². The Balaban J connectivity index is 1.55. The lowest BCUT2D eigenvalue weighted by atomic mass is 10.1. The van der Waals surface area contributed by atoms with Crippen LogP contribution >= 0.6 is 0 Å². The van der Waals surface area contributed by atoms with E-state index in [9.17, 15) is 14.9 Å². The van der Waals surface area contributed by atoms with Gasteiger partial charge >= 0.3 is 0 Å². The summed E-state index contributed by atoms with van der Waals surface area (Å²) in [4.78, 5) is 24.8. The zero-order valence-corrected chi connectivity index (χ0v) is 14.3. The van der Waals surface area contributed by atoms with E-state index in [4.69, 9.17) is 0 Å². The summed E-state index contributed by atoms with van der Waals surface area (Å²) in [5.41, 5.74) is 4.78. The molecule has 7 heteroatoms. The fourth-order valence-corrected chi connectivity index (χ4v) is 2.98. The summed E-state index contributed by atoms with van der Waals surface area (Å²) in [6.07, 6.45) is 3.93. The average Bonchev–Trinajstić information content (AvgIpc) is 3.17. The third-order valence-corrected chi connectivity index (χ3v) is 4.31. The highest BCUT2D eigenvalue weighted by atomic mass is 16.6. The van der Waals surface area contributed by atoms with Crippen LogP contribution in [-0.2, 0) is 11.2 Å². The summed E-state index contributed by atoms with van der Waals surface area (Å²) in [6, 6.07) is 14.2. The Morgan fingerprint density at radius 2 is 1.85 bits per heavy atom. The van der Waals surface area contributed by atoms with Gasteiger partial charge in [0.05, 0.1) is 17.6 Å². The van der Waals surface area contributed by atoms with E-state index >= 15 is 0 Å². The number of para-hydroxylation sites is 1. The van der Waals surface area contributed by atoms with E-state index < -0.39 is 10.8 Å². The lowest BCUT2D eigenvalue weighted by Gasteiger charge is -2.17. The van der Waals surface area contributed by atoms with Gasteiger partial charge in [-0.1, -0.05) is 30.3 Å². The maximum atomic E-state index is 12.0. The van der Waals surface area contributed by atoms with Gasteiger partial charge < -0.3 is 4.90 Å². The number of carbonyl (C=O) groups excluding carboxylic acids is 1. The first-order valence-corrected chi connectivity index (χ1v) is 8.53. The Morgan fingerprint density at radius 3 is 2.54 bits per heavy atom. The van der Waals surface area contributed by atoms with E-state index in [0.29, 0.717) is 5.56 Å². The average molecular weight is 352 g/mol. The van der Waals surface area contributed by atoms with Crippen LogP contribution in [0.4, 0.5) is 11.4 Å². The van der Waals surface area contributed by atoms with Gasteiger partial charge in [0.25, 0.3) is 5.69 Å². The van der Waals surface area contributed by atoms with Crippen LogP contribution in [0.15, 0.2) is 53.6 Å². The number of nitro groups is 1. The molecule has 0 saturated carbocycles. The predicted molar refractivity (Wildman–Crippen MR) is 100 cm³/mol. The van der Waals surface area contributed by atoms with E-state index in [1.807, 2.05) is 24.3 Å². The largest absolute Gasteiger partial charge is 0.372 e. The first-order chi connectivity index (χ1) is 12.6. The van der Waals surface area contributed by atoms with E-state index in [0.717, 1.165) is 18.7 Å². The van der Waals surface area contributed by atoms with Crippen molar-refractivity contribution in [3.63, 3.8) is 0 Å². The molecule has 0 aliphatic carbocycles. The molecule has 0 unspecified atom stereocenters. The highest BCUT2D eigenvalue weighted by molar-refractivity contribution is 5.84. The molecule has 1 heterocycles. The number of benzene rings is 2. The molecule has 2 aromatic carbocycles. The van der Waals surface area contributed by atoms with E-state index in [1.54, 1.807) is 24.4 Å². The fourth-order valence-electron chi connectivity index (χ4n) is 2.98. The van der Waals surface area contributed by atoms with Crippen LogP contribution in [0.3, 0.4) is 0 Å². The van der Waals surface area contributed by atoms with Crippen LogP contribution in [0, 0.1) is 10.1 Å². The number of rotatable bonds is 6. The Labute approximate surface area is 151 Å². The van der Waals surface area contributed by atoms with Crippen LogP contribution in [0.2, 0.25) is 0 Å². The maximum Gasteiger partial charge on any atom is 0.273 e. The van der Waals surface area contributed by atoms with Crippen molar-refractivity contribution in [1.29, 1.82) is 0 Å². The van der Waals surface area contributed by atoms with Gasteiger partial charge in [-0.05, 0) is 30.5 Å². The maximum absolute atomic E-state index is 12.0. The molecule has 1 N–H and O–H groups in total. The number of anilines is 1. The van der Waals surface area contributed by atoms with Crippen molar-refractivity contribution in [2.45, 2.75) is 19.3 Å². The minimum absolute atomic E-state index is 0.0656. The number of nitrogens with one attached hydrogen (secondary N) is 1. The van der Waals surface area contributed by atoms with Gasteiger partial charge in [0, 0.05) is 30.4 Å². The molecule has 1 saturated heterocycles. The van der Waals surface area contributed by atoms with Crippen molar-refractivity contribution < 1.29 is 9.72 Å². The second-order valence-electron chi connectivity index (χ2n) is 6.14. The molecular weight excluding hydrogens is 332 g/mol. The molecule has 0 spiro atoms. The summed E-state index contributed by atoms with van der Waals surface area (Å²) in [7, 11) is 0. The summed E-state index contributed by atoms with van der Waals surface area (Å²) >= 11 is 0. The third-order valence-electron chi connectivity index (χ3n) is 4.31. The number of hydrogen-bond donors (Lipinski definition) is 1. The summed E-state index contributed by atoms with van der Waals surface area (Å²) < 4.78 is 0. The van der Waals surface area contributed by atoms with Crippen LogP contribution in [0.5, 0.6) is 0 Å². The SMILES string of the molecule is O=C(Cc1ccccc1[N+](=O)[O-])N/N=C/c1ccc(N2CCCC2)cc1. The molecule has 0 atom stereocenters. The molecule has 0 bridgehead atoms. The van der Waals surface area contributed by atoms with Gasteiger partial charge in [-0.3, -0.25) is 14.9 Å². The van der Waals surface area contributed by atoms with Gasteiger partial charge in [0.1, 0.15) is 0 Å². The van der Waals surface area contributed by atoms with Crippen LogP contribution in [0.25, 0.3) is 0 Å². The van der Waals surface area contributed by atoms with Crippen molar-refractivity contribution in [1.82, 2.24) is 5.43 Å². The van der Waals surface area contributed by atoms with Crippen molar-refractivity contribution in [3.05, 3.63) is 69.8 Å². The van der Waals surface area contributed by atoms with Gasteiger partial charge in [0.15, 0.2) is 0 Å². The first kappa shape index (κ1) is 17.6. The molecule has 3 rings (SSSR count). The molecule has 0 aromatic heterocycles. The monoisotopic (exact) mass is 352 g/mol. The van der Waals surface area contributed by atoms with Gasteiger partial charge in [-0.2, -0.15) is 5.10 Å². The van der Waals surface area contributed by atoms with Crippen LogP contribution < -0.4 is 10.3 Å². The zero-order valence-electron chi connectivity index (χ0n) is 14.3. The molecule has 1 aliphatic rings. The number of hydrazone groups is 1. The smallest absolute Gasteiger partial charge is 0.273 e. The molecule has 134 valence electrons. The van der Waals surface area contributed by atoms with E-state index in [1.165, 1.54) is 24.6 Å². The highest BCUT2D eigenvalue weighted by Crippen LogP contribution is 2.20. The normalized spacial score (nSPS) is 13.9.